The third-order valence-electron chi connectivity index (χ3n) is 3.39. The maximum atomic E-state index is 12.5. The van der Waals surface area contributed by atoms with Crippen LogP contribution in [0.25, 0.3) is 20.2 Å². The Labute approximate surface area is 120 Å². The van der Waals surface area contributed by atoms with Gasteiger partial charge in [0.2, 0.25) is 0 Å². The van der Waals surface area contributed by atoms with Crippen molar-refractivity contribution in [3.8, 4) is 6.07 Å². The first kappa shape index (κ1) is 12.8. The Kier molecular flexibility index (Phi) is 3.49. The molecule has 3 heteroatoms. The summed E-state index contributed by atoms with van der Waals surface area (Å²) in [7, 11) is 0. The minimum absolute atomic E-state index is 0.108. The fraction of sp³-hybridized carbons (Fsp3) is 0.176. The van der Waals surface area contributed by atoms with Crippen LogP contribution in [0.15, 0.2) is 47.3 Å². The number of rotatable bonds is 3. The number of aryl methyl sites for hydroxylation is 1. The zero-order valence-electron chi connectivity index (χ0n) is 10.9. The Morgan fingerprint density at radius 2 is 1.85 bits per heavy atom. The topological polar surface area (TPSA) is 40.9 Å². The molecule has 0 aliphatic carbocycles. The van der Waals surface area contributed by atoms with Crippen molar-refractivity contribution in [2.45, 2.75) is 19.3 Å². The molecule has 0 unspecified atom stereocenters. The molecule has 3 rings (SSSR count). The van der Waals surface area contributed by atoms with Gasteiger partial charge in [-0.2, -0.15) is 5.26 Å². The average molecular weight is 279 g/mol. The lowest BCUT2D eigenvalue weighted by atomic mass is 10.1. The minimum Gasteiger partial charge on any atom is -0.289 e. The standard InChI is InChI=1S/C17H13NOS/c18-10-4-3-5-12-8-9-16-14(11-12)17(19)13-6-1-2-7-15(13)20-16/h1-2,6-9,11H,3-5H2. The van der Waals surface area contributed by atoms with Crippen LogP contribution < -0.4 is 5.43 Å². The molecule has 1 aromatic heterocycles. The van der Waals surface area contributed by atoms with E-state index in [0.717, 1.165) is 38.6 Å². The maximum absolute atomic E-state index is 12.5. The summed E-state index contributed by atoms with van der Waals surface area (Å²) in [5.74, 6) is 0. The van der Waals surface area contributed by atoms with Crippen molar-refractivity contribution in [3.63, 3.8) is 0 Å². The molecule has 0 saturated carbocycles. The zero-order valence-corrected chi connectivity index (χ0v) is 11.7. The van der Waals surface area contributed by atoms with E-state index in [2.05, 4.69) is 12.1 Å². The van der Waals surface area contributed by atoms with Gasteiger partial charge in [-0.15, -0.1) is 11.3 Å². The smallest absolute Gasteiger partial charge is 0.195 e. The molecule has 0 fully saturated rings. The van der Waals surface area contributed by atoms with Crippen molar-refractivity contribution in [2.24, 2.45) is 0 Å². The molecule has 0 bridgehead atoms. The van der Waals surface area contributed by atoms with Gasteiger partial charge in [-0.3, -0.25) is 4.79 Å². The van der Waals surface area contributed by atoms with Crippen LogP contribution in [0.1, 0.15) is 18.4 Å². The summed E-state index contributed by atoms with van der Waals surface area (Å²) in [5.41, 5.74) is 1.24. The molecule has 3 aromatic rings. The van der Waals surface area contributed by atoms with Gasteiger partial charge < -0.3 is 0 Å². The lowest BCUT2D eigenvalue weighted by molar-refractivity contribution is 0.852. The zero-order chi connectivity index (χ0) is 13.9. The number of nitrogens with zero attached hydrogens (tertiary/aromatic N) is 1. The Morgan fingerprint density at radius 3 is 2.70 bits per heavy atom. The molecular weight excluding hydrogens is 266 g/mol. The largest absolute Gasteiger partial charge is 0.289 e. The second kappa shape index (κ2) is 5.44. The Balaban J connectivity index is 2.14. The average Bonchev–Trinajstić information content (AvgIpc) is 2.48. The highest BCUT2D eigenvalue weighted by Crippen LogP contribution is 2.25. The van der Waals surface area contributed by atoms with Crippen molar-refractivity contribution in [3.05, 3.63) is 58.3 Å². The lowest BCUT2D eigenvalue weighted by Crippen LogP contribution is -2.01. The van der Waals surface area contributed by atoms with Crippen LogP contribution >= 0.6 is 11.3 Å². The molecule has 0 amide bonds. The molecule has 2 aromatic carbocycles. The van der Waals surface area contributed by atoms with Crippen LogP contribution in [0.4, 0.5) is 0 Å². The highest BCUT2D eigenvalue weighted by atomic mass is 32.1. The maximum Gasteiger partial charge on any atom is 0.195 e. The van der Waals surface area contributed by atoms with Gasteiger partial charge in [0.15, 0.2) is 5.43 Å². The Hall–Kier alpha value is -2.18. The van der Waals surface area contributed by atoms with Crippen LogP contribution in [0.2, 0.25) is 0 Å². The molecule has 98 valence electrons. The summed E-state index contributed by atoms with van der Waals surface area (Å²) in [4.78, 5) is 12.5. The first-order valence-electron chi connectivity index (χ1n) is 6.61. The summed E-state index contributed by atoms with van der Waals surface area (Å²) in [5, 5.41) is 10.2. The molecule has 0 saturated heterocycles. The molecule has 0 aliphatic rings. The van der Waals surface area contributed by atoms with Gasteiger partial charge in [0.25, 0.3) is 0 Å². The van der Waals surface area contributed by atoms with E-state index in [4.69, 9.17) is 5.26 Å². The Morgan fingerprint density at radius 1 is 1.05 bits per heavy atom. The number of benzene rings is 2. The quantitative estimate of drug-likeness (QED) is 0.531. The number of hydrogen-bond acceptors (Lipinski definition) is 3. The Bertz CT molecular complexity index is 873. The van der Waals surface area contributed by atoms with E-state index in [1.165, 1.54) is 0 Å². The van der Waals surface area contributed by atoms with Crippen LogP contribution in [-0.2, 0) is 6.42 Å². The van der Waals surface area contributed by atoms with E-state index in [9.17, 15) is 4.79 Å². The van der Waals surface area contributed by atoms with Crippen molar-refractivity contribution in [2.75, 3.05) is 0 Å². The molecule has 20 heavy (non-hydrogen) atoms. The molecule has 0 N–H and O–H groups in total. The minimum atomic E-state index is 0.108. The van der Waals surface area contributed by atoms with Crippen molar-refractivity contribution in [1.29, 1.82) is 5.26 Å². The SMILES string of the molecule is N#CCCCc1ccc2sc3ccccc3c(=O)c2c1. The summed E-state index contributed by atoms with van der Waals surface area (Å²) >= 11 is 1.65. The lowest BCUT2D eigenvalue weighted by Gasteiger charge is -2.04. The molecule has 0 aliphatic heterocycles. The number of fused-ring (bicyclic) bond motifs is 2. The summed E-state index contributed by atoms with van der Waals surface area (Å²) in [6.45, 7) is 0. The second-order valence-corrected chi connectivity index (χ2v) is 5.85. The second-order valence-electron chi connectivity index (χ2n) is 4.77. The van der Waals surface area contributed by atoms with Crippen molar-refractivity contribution in [1.82, 2.24) is 0 Å². The van der Waals surface area contributed by atoms with Gasteiger partial charge in [-0.25, -0.2) is 0 Å². The monoisotopic (exact) mass is 279 g/mol. The van der Waals surface area contributed by atoms with Gasteiger partial charge in [-0.05, 0) is 42.7 Å². The first-order valence-corrected chi connectivity index (χ1v) is 7.42. The van der Waals surface area contributed by atoms with Crippen molar-refractivity contribution >= 4 is 31.5 Å². The molecule has 0 spiro atoms. The predicted octanol–water partition coefficient (Wildman–Crippen LogP) is 4.26. The van der Waals surface area contributed by atoms with E-state index >= 15 is 0 Å². The van der Waals surface area contributed by atoms with E-state index in [-0.39, 0.29) is 5.43 Å². The highest BCUT2D eigenvalue weighted by Gasteiger charge is 2.06. The summed E-state index contributed by atoms with van der Waals surface area (Å²) in [6.07, 6.45) is 2.25. The van der Waals surface area contributed by atoms with E-state index in [1.54, 1.807) is 11.3 Å². The van der Waals surface area contributed by atoms with E-state index < -0.39 is 0 Å². The molecule has 2 nitrogen and oxygen atoms in total. The van der Waals surface area contributed by atoms with Gasteiger partial charge in [0, 0.05) is 26.6 Å². The van der Waals surface area contributed by atoms with Gasteiger partial charge in [0.05, 0.1) is 6.07 Å². The molecule has 0 radical (unpaired) electrons. The molecule has 0 atom stereocenters. The summed E-state index contributed by atoms with van der Waals surface area (Å²) < 4.78 is 2.06. The molecular formula is C17H13NOS. The number of hydrogen-bond donors (Lipinski definition) is 0. The van der Waals surface area contributed by atoms with Crippen LogP contribution in [0.5, 0.6) is 0 Å². The fourth-order valence-electron chi connectivity index (χ4n) is 2.38. The van der Waals surface area contributed by atoms with Gasteiger partial charge >= 0.3 is 0 Å². The van der Waals surface area contributed by atoms with E-state index in [1.807, 2.05) is 36.4 Å². The third-order valence-corrected chi connectivity index (χ3v) is 4.55. The normalized spacial score (nSPS) is 10.8. The summed E-state index contributed by atoms with van der Waals surface area (Å²) in [6, 6.07) is 16.0. The van der Waals surface area contributed by atoms with Crippen molar-refractivity contribution < 1.29 is 0 Å². The van der Waals surface area contributed by atoms with E-state index in [0.29, 0.717) is 6.42 Å². The van der Waals surface area contributed by atoms with Crippen LogP contribution in [0, 0.1) is 11.3 Å². The number of nitriles is 1. The fourth-order valence-corrected chi connectivity index (χ4v) is 3.43. The number of unbranched alkanes of at least 4 members (excludes halogenated alkanes) is 1. The van der Waals surface area contributed by atoms with Crippen LogP contribution in [0.3, 0.4) is 0 Å². The first-order chi connectivity index (χ1) is 9.79. The van der Waals surface area contributed by atoms with Gasteiger partial charge in [-0.1, -0.05) is 18.2 Å². The highest BCUT2D eigenvalue weighted by molar-refractivity contribution is 7.24. The molecule has 1 heterocycles. The van der Waals surface area contributed by atoms with Crippen LogP contribution in [-0.4, -0.2) is 0 Å². The van der Waals surface area contributed by atoms with Gasteiger partial charge in [0.1, 0.15) is 0 Å². The predicted molar refractivity (Wildman–Crippen MR) is 84.2 cm³/mol. The third kappa shape index (κ3) is 2.31.